The maximum Gasteiger partial charge on any atom is 0.0502 e. The van der Waals surface area contributed by atoms with Crippen molar-refractivity contribution < 1.29 is 0 Å². The molecule has 0 spiro atoms. The Hall–Kier alpha value is -1.73. The molecule has 0 aliphatic heterocycles. The number of halogens is 1. The van der Waals surface area contributed by atoms with Gasteiger partial charge in [0.15, 0.2) is 0 Å². The van der Waals surface area contributed by atoms with E-state index >= 15 is 0 Å². The molecule has 1 atom stereocenters. The van der Waals surface area contributed by atoms with Crippen molar-refractivity contribution in [3.8, 4) is 0 Å². The summed E-state index contributed by atoms with van der Waals surface area (Å²) in [7, 11) is 0. The van der Waals surface area contributed by atoms with Gasteiger partial charge in [-0.25, -0.2) is 0 Å². The molecule has 0 fully saturated rings. The SMILES string of the molecule is CC[C@@H](c1ccccc1)c1c[nH]c2cccc(Cl)c12. The standard InChI is InChI=1S/C17H16ClN/c1-2-13(12-7-4-3-5-8-12)14-11-19-16-10-6-9-15(18)17(14)16/h3-11,13,19H,2H2,1H3/t13-/m0/s1. The largest absolute Gasteiger partial charge is 0.361 e. The lowest BCUT2D eigenvalue weighted by atomic mass is 9.89. The van der Waals surface area contributed by atoms with E-state index in [9.17, 15) is 0 Å². The molecule has 0 bridgehead atoms. The molecule has 0 aliphatic carbocycles. The van der Waals surface area contributed by atoms with Crippen molar-refractivity contribution in [3.05, 3.63) is 70.9 Å². The summed E-state index contributed by atoms with van der Waals surface area (Å²) in [5.41, 5.74) is 3.73. The highest BCUT2D eigenvalue weighted by Crippen LogP contribution is 2.36. The van der Waals surface area contributed by atoms with E-state index in [2.05, 4.69) is 54.5 Å². The van der Waals surface area contributed by atoms with Crippen molar-refractivity contribution in [2.24, 2.45) is 0 Å². The smallest absolute Gasteiger partial charge is 0.0502 e. The van der Waals surface area contributed by atoms with Crippen LogP contribution in [0.2, 0.25) is 5.02 Å². The van der Waals surface area contributed by atoms with Crippen molar-refractivity contribution in [2.45, 2.75) is 19.3 Å². The zero-order valence-corrected chi connectivity index (χ0v) is 11.6. The number of benzene rings is 2. The molecule has 2 aromatic carbocycles. The van der Waals surface area contributed by atoms with Gasteiger partial charge in [-0.3, -0.25) is 0 Å². The van der Waals surface area contributed by atoms with Gasteiger partial charge in [0.2, 0.25) is 0 Å². The lowest BCUT2D eigenvalue weighted by Crippen LogP contribution is -1.98. The maximum absolute atomic E-state index is 6.37. The molecule has 0 amide bonds. The van der Waals surface area contributed by atoms with Gasteiger partial charge in [0.25, 0.3) is 0 Å². The molecule has 1 aromatic heterocycles. The summed E-state index contributed by atoms with van der Waals surface area (Å²) in [5.74, 6) is 0.384. The summed E-state index contributed by atoms with van der Waals surface area (Å²) in [6, 6.07) is 16.6. The highest BCUT2D eigenvalue weighted by molar-refractivity contribution is 6.35. The van der Waals surface area contributed by atoms with Crippen LogP contribution >= 0.6 is 11.6 Å². The van der Waals surface area contributed by atoms with Crippen LogP contribution in [0.5, 0.6) is 0 Å². The van der Waals surface area contributed by atoms with Crippen LogP contribution in [0.15, 0.2) is 54.7 Å². The molecule has 3 aromatic rings. The van der Waals surface area contributed by atoms with Gasteiger partial charge in [-0.05, 0) is 29.7 Å². The van der Waals surface area contributed by atoms with Gasteiger partial charge in [-0.2, -0.15) is 0 Å². The van der Waals surface area contributed by atoms with Gasteiger partial charge >= 0.3 is 0 Å². The molecule has 19 heavy (non-hydrogen) atoms. The fraction of sp³-hybridized carbons (Fsp3) is 0.176. The van der Waals surface area contributed by atoms with Crippen LogP contribution in [0.3, 0.4) is 0 Å². The first kappa shape index (κ1) is 12.3. The number of H-pyrrole nitrogens is 1. The van der Waals surface area contributed by atoms with E-state index in [4.69, 9.17) is 11.6 Å². The van der Waals surface area contributed by atoms with Gasteiger partial charge < -0.3 is 4.98 Å². The Morgan fingerprint density at radius 2 is 1.84 bits per heavy atom. The second kappa shape index (κ2) is 5.10. The molecule has 0 saturated carbocycles. The van der Waals surface area contributed by atoms with Crippen molar-refractivity contribution in [3.63, 3.8) is 0 Å². The van der Waals surface area contributed by atoms with E-state index < -0.39 is 0 Å². The predicted molar refractivity (Wildman–Crippen MR) is 81.9 cm³/mol. The van der Waals surface area contributed by atoms with E-state index in [1.54, 1.807) is 0 Å². The zero-order chi connectivity index (χ0) is 13.2. The fourth-order valence-electron chi connectivity index (χ4n) is 2.76. The Labute approximate surface area is 118 Å². The summed E-state index contributed by atoms with van der Waals surface area (Å²) in [6.45, 7) is 2.22. The Morgan fingerprint density at radius 1 is 1.05 bits per heavy atom. The lowest BCUT2D eigenvalue weighted by molar-refractivity contribution is 0.783. The third kappa shape index (κ3) is 2.15. The third-order valence-electron chi connectivity index (χ3n) is 3.67. The quantitative estimate of drug-likeness (QED) is 0.658. The summed E-state index contributed by atoms with van der Waals surface area (Å²) >= 11 is 6.37. The van der Waals surface area contributed by atoms with Gasteiger partial charge in [0.1, 0.15) is 0 Å². The summed E-state index contributed by atoms with van der Waals surface area (Å²) in [4.78, 5) is 3.33. The molecule has 96 valence electrons. The summed E-state index contributed by atoms with van der Waals surface area (Å²) < 4.78 is 0. The normalized spacial score (nSPS) is 12.7. The van der Waals surface area contributed by atoms with E-state index in [0.717, 1.165) is 22.3 Å². The van der Waals surface area contributed by atoms with Crippen molar-refractivity contribution in [1.82, 2.24) is 4.98 Å². The number of nitrogens with one attached hydrogen (secondary N) is 1. The van der Waals surface area contributed by atoms with Crippen molar-refractivity contribution >= 4 is 22.5 Å². The molecule has 0 unspecified atom stereocenters. The van der Waals surface area contributed by atoms with E-state index in [1.165, 1.54) is 11.1 Å². The van der Waals surface area contributed by atoms with Gasteiger partial charge in [-0.15, -0.1) is 0 Å². The molecule has 1 N–H and O–H groups in total. The van der Waals surface area contributed by atoms with E-state index in [-0.39, 0.29) is 0 Å². The fourth-order valence-corrected chi connectivity index (χ4v) is 3.04. The maximum atomic E-state index is 6.37. The van der Waals surface area contributed by atoms with Crippen LogP contribution in [0.1, 0.15) is 30.4 Å². The summed E-state index contributed by atoms with van der Waals surface area (Å²) in [5, 5.41) is 1.98. The van der Waals surface area contributed by atoms with E-state index in [0.29, 0.717) is 5.92 Å². The minimum Gasteiger partial charge on any atom is -0.361 e. The first-order valence-corrected chi connectivity index (χ1v) is 6.99. The molecule has 0 radical (unpaired) electrons. The van der Waals surface area contributed by atoms with Crippen molar-refractivity contribution in [1.29, 1.82) is 0 Å². The Balaban J connectivity index is 2.17. The zero-order valence-electron chi connectivity index (χ0n) is 10.9. The Bertz CT molecular complexity index is 685. The minimum atomic E-state index is 0.384. The summed E-state index contributed by atoms with van der Waals surface area (Å²) in [6.07, 6.45) is 3.15. The van der Waals surface area contributed by atoms with Gasteiger partial charge in [-0.1, -0.05) is 54.9 Å². The highest BCUT2D eigenvalue weighted by atomic mass is 35.5. The average Bonchev–Trinajstić information content (AvgIpc) is 2.86. The number of fused-ring (bicyclic) bond motifs is 1. The molecule has 0 saturated heterocycles. The monoisotopic (exact) mass is 269 g/mol. The molecule has 1 nitrogen and oxygen atoms in total. The number of rotatable bonds is 3. The van der Waals surface area contributed by atoms with Crippen molar-refractivity contribution in [2.75, 3.05) is 0 Å². The van der Waals surface area contributed by atoms with Crippen LogP contribution in [0, 0.1) is 0 Å². The Morgan fingerprint density at radius 3 is 2.58 bits per heavy atom. The molecule has 0 aliphatic rings. The Kier molecular flexibility index (Phi) is 3.31. The number of aromatic nitrogens is 1. The molecule has 1 heterocycles. The molecule has 2 heteroatoms. The second-order valence-electron chi connectivity index (χ2n) is 4.78. The number of hydrogen-bond acceptors (Lipinski definition) is 0. The van der Waals surface area contributed by atoms with Crippen LogP contribution in [0.25, 0.3) is 10.9 Å². The van der Waals surface area contributed by atoms with Crippen LogP contribution < -0.4 is 0 Å². The first-order chi connectivity index (χ1) is 9.31. The second-order valence-corrected chi connectivity index (χ2v) is 5.19. The van der Waals surface area contributed by atoms with Gasteiger partial charge in [0, 0.05) is 23.0 Å². The number of aromatic amines is 1. The first-order valence-electron chi connectivity index (χ1n) is 6.61. The van der Waals surface area contributed by atoms with Gasteiger partial charge in [0.05, 0.1) is 5.02 Å². The number of hydrogen-bond donors (Lipinski definition) is 1. The molecular formula is C17H16ClN. The topological polar surface area (TPSA) is 15.8 Å². The van der Waals surface area contributed by atoms with E-state index in [1.807, 2.05) is 12.1 Å². The molecule has 3 rings (SSSR count). The lowest BCUT2D eigenvalue weighted by Gasteiger charge is -2.15. The average molecular weight is 270 g/mol. The van der Waals surface area contributed by atoms with Crippen LogP contribution in [0.4, 0.5) is 0 Å². The third-order valence-corrected chi connectivity index (χ3v) is 3.99. The molecular weight excluding hydrogens is 254 g/mol. The van der Waals surface area contributed by atoms with Crippen LogP contribution in [-0.2, 0) is 0 Å². The highest BCUT2D eigenvalue weighted by Gasteiger charge is 2.17. The minimum absolute atomic E-state index is 0.384. The van der Waals surface area contributed by atoms with Crippen LogP contribution in [-0.4, -0.2) is 4.98 Å². The predicted octanol–water partition coefficient (Wildman–Crippen LogP) is 5.36.